The number of carbonyl (C=O) groups excluding carboxylic acids is 1. The molecule has 0 saturated carbocycles. The lowest BCUT2D eigenvalue weighted by atomic mass is 10.1. The van der Waals surface area contributed by atoms with Gasteiger partial charge in [0.2, 0.25) is 0 Å². The molecule has 0 aliphatic carbocycles. The van der Waals surface area contributed by atoms with Gasteiger partial charge in [-0.25, -0.2) is 0 Å². The van der Waals surface area contributed by atoms with Gasteiger partial charge in [-0.05, 0) is 28.6 Å². The highest BCUT2D eigenvalue weighted by Crippen LogP contribution is 2.29. The molecule has 84 valence electrons. The van der Waals surface area contributed by atoms with Gasteiger partial charge in [0.1, 0.15) is 0 Å². The second-order valence-electron chi connectivity index (χ2n) is 3.64. The van der Waals surface area contributed by atoms with E-state index < -0.39 is 0 Å². The zero-order valence-electron chi connectivity index (χ0n) is 8.92. The zero-order chi connectivity index (χ0) is 11.7. The summed E-state index contributed by atoms with van der Waals surface area (Å²) in [6.45, 7) is 0.0626. The van der Waals surface area contributed by atoms with Crippen LogP contribution in [0.15, 0.2) is 52.4 Å². The number of carbonyl (C=O) groups is 1. The molecule has 2 aromatic carbocycles. The van der Waals surface area contributed by atoms with Crippen molar-refractivity contribution >= 4 is 33.7 Å². The fraction of sp³-hybridized carbons (Fsp3) is 0.0769. The van der Waals surface area contributed by atoms with Crippen LogP contribution in [-0.4, -0.2) is 17.7 Å². The molecule has 1 aliphatic rings. The van der Waals surface area contributed by atoms with Crippen LogP contribution >= 0.6 is 11.8 Å². The molecule has 0 radical (unpaired) electrons. The van der Waals surface area contributed by atoms with Gasteiger partial charge >= 0.3 is 0 Å². The van der Waals surface area contributed by atoms with E-state index in [1.54, 1.807) is 0 Å². The highest BCUT2D eigenvalue weighted by Gasteiger charge is 2.17. The van der Waals surface area contributed by atoms with Crippen LogP contribution in [0.3, 0.4) is 0 Å². The maximum atomic E-state index is 11.0. The molecule has 0 spiro atoms. The van der Waals surface area contributed by atoms with E-state index in [-0.39, 0.29) is 12.5 Å². The van der Waals surface area contributed by atoms with E-state index in [2.05, 4.69) is 23.2 Å². The summed E-state index contributed by atoms with van der Waals surface area (Å²) in [5.41, 5.74) is 0. The summed E-state index contributed by atoms with van der Waals surface area (Å²) in [6.07, 6.45) is 0. The third-order valence-electron chi connectivity index (χ3n) is 2.48. The first-order valence-electron chi connectivity index (χ1n) is 5.23. The van der Waals surface area contributed by atoms with Crippen molar-refractivity contribution in [2.45, 2.75) is 4.90 Å². The summed E-state index contributed by atoms with van der Waals surface area (Å²) in [6, 6.07) is 14.2. The molecule has 2 aromatic rings. The summed E-state index contributed by atoms with van der Waals surface area (Å²) in [7, 11) is 0. The first-order chi connectivity index (χ1) is 8.33. The molecule has 17 heavy (non-hydrogen) atoms. The molecule has 0 atom stereocenters. The Labute approximate surface area is 102 Å². The Morgan fingerprint density at radius 2 is 1.94 bits per heavy atom. The minimum atomic E-state index is -0.215. The average molecular weight is 243 g/mol. The number of amides is 1. The van der Waals surface area contributed by atoms with Gasteiger partial charge in [-0.3, -0.25) is 4.79 Å². The standard InChI is InChI=1S/C13H9NO2S/c15-12-8-16-13(14-12)17-11-7-3-5-9-4-1-2-6-10(9)11/h1-7H,8H2. The van der Waals surface area contributed by atoms with Crippen LogP contribution in [0.5, 0.6) is 0 Å². The molecule has 0 bridgehead atoms. The van der Waals surface area contributed by atoms with E-state index in [1.807, 2.05) is 24.3 Å². The van der Waals surface area contributed by atoms with Gasteiger partial charge in [0, 0.05) is 4.90 Å². The van der Waals surface area contributed by atoms with E-state index in [4.69, 9.17) is 4.74 Å². The normalized spacial score (nSPS) is 14.8. The van der Waals surface area contributed by atoms with Crippen molar-refractivity contribution in [1.82, 2.24) is 0 Å². The van der Waals surface area contributed by atoms with E-state index in [9.17, 15) is 4.79 Å². The van der Waals surface area contributed by atoms with Crippen molar-refractivity contribution in [1.29, 1.82) is 0 Å². The number of hydrogen-bond donors (Lipinski definition) is 0. The number of thioether (sulfide) groups is 1. The Balaban J connectivity index is 2.00. The topological polar surface area (TPSA) is 38.7 Å². The van der Waals surface area contributed by atoms with Crippen molar-refractivity contribution in [3.8, 4) is 0 Å². The van der Waals surface area contributed by atoms with Crippen LogP contribution in [0, 0.1) is 0 Å². The number of rotatable bonds is 1. The Hall–Kier alpha value is -1.81. The zero-order valence-corrected chi connectivity index (χ0v) is 9.74. The highest BCUT2D eigenvalue weighted by atomic mass is 32.2. The maximum Gasteiger partial charge on any atom is 0.287 e. The van der Waals surface area contributed by atoms with Gasteiger partial charge in [-0.2, -0.15) is 4.99 Å². The maximum absolute atomic E-state index is 11.0. The first-order valence-corrected chi connectivity index (χ1v) is 6.04. The highest BCUT2D eigenvalue weighted by molar-refractivity contribution is 8.13. The monoisotopic (exact) mass is 243 g/mol. The van der Waals surface area contributed by atoms with E-state index in [0.717, 1.165) is 10.3 Å². The van der Waals surface area contributed by atoms with E-state index >= 15 is 0 Å². The Morgan fingerprint density at radius 3 is 2.76 bits per heavy atom. The predicted molar refractivity (Wildman–Crippen MR) is 68.2 cm³/mol. The third-order valence-corrected chi connectivity index (χ3v) is 3.44. The third kappa shape index (κ3) is 2.03. The summed E-state index contributed by atoms with van der Waals surface area (Å²) in [5, 5.41) is 2.75. The summed E-state index contributed by atoms with van der Waals surface area (Å²) < 4.78 is 5.18. The van der Waals surface area contributed by atoms with Crippen LogP contribution in [0.2, 0.25) is 0 Å². The Morgan fingerprint density at radius 1 is 1.12 bits per heavy atom. The number of ether oxygens (including phenoxy) is 1. The molecular formula is C13H9NO2S. The second kappa shape index (κ2) is 4.22. The van der Waals surface area contributed by atoms with Crippen LogP contribution in [0.1, 0.15) is 0 Å². The number of hydrogen-bond acceptors (Lipinski definition) is 3. The molecular weight excluding hydrogens is 234 g/mol. The molecule has 1 aliphatic heterocycles. The Kier molecular flexibility index (Phi) is 2.57. The van der Waals surface area contributed by atoms with Crippen LogP contribution < -0.4 is 0 Å². The number of fused-ring (bicyclic) bond motifs is 1. The lowest BCUT2D eigenvalue weighted by Gasteiger charge is -2.04. The molecule has 3 nitrogen and oxygen atoms in total. The lowest BCUT2D eigenvalue weighted by molar-refractivity contribution is -0.118. The minimum Gasteiger partial charge on any atom is -0.462 e. The molecule has 0 unspecified atom stereocenters. The number of nitrogens with zero attached hydrogens (tertiary/aromatic N) is 1. The quantitative estimate of drug-likeness (QED) is 0.773. The fourth-order valence-corrected chi connectivity index (χ4v) is 2.62. The Bertz CT molecular complexity index is 616. The lowest BCUT2D eigenvalue weighted by Crippen LogP contribution is -1.95. The van der Waals surface area contributed by atoms with Crippen LogP contribution in [0.25, 0.3) is 10.8 Å². The molecule has 0 aromatic heterocycles. The summed E-state index contributed by atoms with van der Waals surface area (Å²) >= 11 is 1.39. The van der Waals surface area contributed by atoms with Crippen molar-refractivity contribution in [3.05, 3.63) is 42.5 Å². The second-order valence-corrected chi connectivity index (χ2v) is 4.63. The van der Waals surface area contributed by atoms with Crippen molar-refractivity contribution in [2.75, 3.05) is 6.61 Å². The van der Waals surface area contributed by atoms with Crippen molar-refractivity contribution in [3.63, 3.8) is 0 Å². The molecule has 0 fully saturated rings. The number of benzene rings is 2. The molecule has 1 heterocycles. The molecule has 0 saturated heterocycles. The largest absolute Gasteiger partial charge is 0.462 e. The average Bonchev–Trinajstić information content (AvgIpc) is 2.75. The van der Waals surface area contributed by atoms with Gasteiger partial charge in [-0.15, -0.1) is 0 Å². The summed E-state index contributed by atoms with van der Waals surface area (Å²) in [4.78, 5) is 15.8. The summed E-state index contributed by atoms with van der Waals surface area (Å²) in [5.74, 6) is -0.215. The number of aliphatic imine (C=N–C) groups is 1. The van der Waals surface area contributed by atoms with E-state index in [1.165, 1.54) is 17.1 Å². The predicted octanol–water partition coefficient (Wildman–Crippen LogP) is 2.84. The molecule has 3 rings (SSSR count). The van der Waals surface area contributed by atoms with Crippen molar-refractivity contribution in [2.24, 2.45) is 4.99 Å². The van der Waals surface area contributed by atoms with Crippen molar-refractivity contribution < 1.29 is 9.53 Å². The first kappa shape index (κ1) is 10.4. The fourth-order valence-electron chi connectivity index (χ4n) is 1.72. The molecule has 1 amide bonds. The van der Waals surface area contributed by atoms with Gasteiger partial charge < -0.3 is 4.74 Å². The minimum absolute atomic E-state index is 0.0626. The van der Waals surface area contributed by atoms with E-state index in [0.29, 0.717) is 5.23 Å². The van der Waals surface area contributed by atoms with Crippen LogP contribution in [0.4, 0.5) is 0 Å². The van der Waals surface area contributed by atoms with Gasteiger partial charge in [0.25, 0.3) is 11.1 Å². The molecule has 4 heteroatoms. The smallest absolute Gasteiger partial charge is 0.287 e. The SMILES string of the molecule is O=C1COC(Sc2cccc3ccccc23)=N1. The van der Waals surface area contributed by atoms with Gasteiger partial charge in [-0.1, -0.05) is 36.4 Å². The van der Waals surface area contributed by atoms with Gasteiger partial charge in [0.15, 0.2) is 6.61 Å². The van der Waals surface area contributed by atoms with Crippen LogP contribution in [-0.2, 0) is 9.53 Å². The molecule has 0 N–H and O–H groups in total. The van der Waals surface area contributed by atoms with Gasteiger partial charge in [0.05, 0.1) is 0 Å².